The van der Waals surface area contributed by atoms with Crippen LogP contribution in [-0.4, -0.2) is 19.3 Å². The van der Waals surface area contributed by atoms with Crippen molar-refractivity contribution in [3.63, 3.8) is 0 Å². The zero-order valence-corrected chi connectivity index (χ0v) is 10.4. The first-order valence-corrected chi connectivity index (χ1v) is 6.90. The summed E-state index contributed by atoms with van der Waals surface area (Å²) in [6.45, 7) is 2.10. The van der Waals surface area contributed by atoms with Crippen LogP contribution in [0.1, 0.15) is 36.8 Å². The number of benzene rings is 1. The normalized spacial score (nSPS) is 23.2. The summed E-state index contributed by atoms with van der Waals surface area (Å²) in [6, 6.07) is 6.69. The van der Waals surface area contributed by atoms with E-state index in [9.17, 15) is 0 Å². The maximum absolute atomic E-state index is 5.70. The topological polar surface area (TPSA) is 21.3 Å². The van der Waals surface area contributed by atoms with E-state index in [-0.39, 0.29) is 0 Å². The van der Waals surface area contributed by atoms with Gasteiger partial charge in [-0.15, -0.1) is 0 Å². The summed E-state index contributed by atoms with van der Waals surface area (Å²) in [5.74, 6) is 0. The molecule has 0 bridgehead atoms. The number of aryl methyl sites for hydroxylation is 1. The number of anilines is 1. The predicted molar refractivity (Wildman–Crippen MR) is 70.5 cm³/mol. The highest BCUT2D eigenvalue weighted by molar-refractivity contribution is 5.56. The Bertz CT molecular complexity index is 383. The first kappa shape index (κ1) is 11.1. The van der Waals surface area contributed by atoms with Crippen LogP contribution < -0.4 is 5.32 Å². The van der Waals surface area contributed by atoms with Crippen LogP contribution >= 0.6 is 0 Å². The fourth-order valence-electron chi connectivity index (χ4n) is 3.01. The smallest absolute Gasteiger partial charge is 0.0579 e. The maximum Gasteiger partial charge on any atom is 0.0579 e. The van der Waals surface area contributed by atoms with Crippen molar-refractivity contribution in [1.29, 1.82) is 0 Å². The van der Waals surface area contributed by atoms with Crippen molar-refractivity contribution < 1.29 is 4.74 Å². The highest BCUT2D eigenvalue weighted by Gasteiger charge is 2.17. The van der Waals surface area contributed by atoms with Gasteiger partial charge in [0.1, 0.15) is 0 Å². The highest BCUT2D eigenvalue weighted by atomic mass is 16.5. The molecule has 2 aliphatic rings. The SMILES string of the molecule is c1cc(CCC2CCCO2)c2c(c1)NCCC2. The number of rotatable bonds is 3. The van der Waals surface area contributed by atoms with E-state index in [0.717, 1.165) is 13.2 Å². The number of nitrogens with one attached hydrogen (secondary N) is 1. The van der Waals surface area contributed by atoms with E-state index >= 15 is 0 Å². The molecular weight excluding hydrogens is 210 g/mol. The van der Waals surface area contributed by atoms with E-state index in [2.05, 4.69) is 23.5 Å². The van der Waals surface area contributed by atoms with Crippen LogP contribution in [0.2, 0.25) is 0 Å². The van der Waals surface area contributed by atoms with Gasteiger partial charge in [-0.05, 0) is 55.7 Å². The van der Waals surface area contributed by atoms with Crippen molar-refractivity contribution in [3.05, 3.63) is 29.3 Å². The van der Waals surface area contributed by atoms with Crippen molar-refractivity contribution in [2.24, 2.45) is 0 Å². The Morgan fingerprint density at radius 1 is 1.29 bits per heavy atom. The Hall–Kier alpha value is -1.02. The molecule has 1 atom stereocenters. The Morgan fingerprint density at radius 3 is 3.18 bits per heavy atom. The van der Waals surface area contributed by atoms with E-state index in [1.165, 1.54) is 49.8 Å². The average Bonchev–Trinajstić information content (AvgIpc) is 2.89. The first-order valence-electron chi connectivity index (χ1n) is 6.90. The van der Waals surface area contributed by atoms with Gasteiger partial charge >= 0.3 is 0 Å². The Balaban J connectivity index is 1.69. The second-order valence-electron chi connectivity index (χ2n) is 5.15. The van der Waals surface area contributed by atoms with E-state index in [1.54, 1.807) is 5.56 Å². The van der Waals surface area contributed by atoms with E-state index in [1.807, 2.05) is 0 Å². The van der Waals surface area contributed by atoms with Crippen LogP contribution in [0.4, 0.5) is 5.69 Å². The van der Waals surface area contributed by atoms with Crippen molar-refractivity contribution >= 4 is 5.69 Å². The molecule has 0 spiro atoms. The van der Waals surface area contributed by atoms with Gasteiger partial charge in [0.25, 0.3) is 0 Å². The summed E-state index contributed by atoms with van der Waals surface area (Å²) >= 11 is 0. The molecule has 1 aromatic carbocycles. The summed E-state index contributed by atoms with van der Waals surface area (Å²) in [5.41, 5.74) is 4.45. The molecule has 17 heavy (non-hydrogen) atoms. The first-order chi connectivity index (χ1) is 8.43. The maximum atomic E-state index is 5.70. The van der Waals surface area contributed by atoms with Gasteiger partial charge in [-0.25, -0.2) is 0 Å². The van der Waals surface area contributed by atoms with E-state index in [4.69, 9.17) is 4.74 Å². The zero-order valence-electron chi connectivity index (χ0n) is 10.4. The summed E-state index contributed by atoms with van der Waals surface area (Å²) in [4.78, 5) is 0. The van der Waals surface area contributed by atoms with Gasteiger partial charge in [0, 0.05) is 18.8 Å². The lowest BCUT2D eigenvalue weighted by Crippen LogP contribution is -2.14. The molecule has 92 valence electrons. The van der Waals surface area contributed by atoms with Crippen molar-refractivity contribution in [1.82, 2.24) is 0 Å². The van der Waals surface area contributed by atoms with Crippen molar-refractivity contribution in [2.45, 2.75) is 44.6 Å². The largest absolute Gasteiger partial charge is 0.385 e. The molecule has 1 unspecified atom stereocenters. The number of fused-ring (bicyclic) bond motifs is 1. The molecule has 0 radical (unpaired) electrons. The molecule has 0 aromatic heterocycles. The Kier molecular flexibility index (Phi) is 3.32. The zero-order chi connectivity index (χ0) is 11.5. The second kappa shape index (κ2) is 5.09. The molecule has 1 N–H and O–H groups in total. The molecule has 0 amide bonds. The molecule has 2 aliphatic heterocycles. The summed E-state index contributed by atoms with van der Waals surface area (Å²) in [7, 11) is 0. The van der Waals surface area contributed by atoms with Gasteiger partial charge in [-0.3, -0.25) is 0 Å². The second-order valence-corrected chi connectivity index (χ2v) is 5.15. The standard InChI is InChI=1S/C15H21NO/c1-4-12(8-9-13-5-3-11-17-13)14-6-2-10-16-15(14)7-1/h1,4,7,13,16H,2-3,5-6,8-11H2. The van der Waals surface area contributed by atoms with Gasteiger partial charge in [0.2, 0.25) is 0 Å². The molecular formula is C15H21NO. The van der Waals surface area contributed by atoms with Crippen LogP contribution in [0, 0.1) is 0 Å². The van der Waals surface area contributed by atoms with Crippen LogP contribution in [-0.2, 0) is 17.6 Å². The third-order valence-electron chi connectivity index (χ3n) is 3.95. The van der Waals surface area contributed by atoms with Crippen LogP contribution in [0.15, 0.2) is 18.2 Å². The third-order valence-corrected chi connectivity index (χ3v) is 3.95. The average molecular weight is 231 g/mol. The molecule has 2 heteroatoms. The lowest BCUT2D eigenvalue weighted by atomic mass is 9.94. The summed E-state index contributed by atoms with van der Waals surface area (Å²) in [6.07, 6.45) is 7.90. The lowest BCUT2D eigenvalue weighted by Gasteiger charge is -2.21. The molecule has 1 saturated heterocycles. The Labute approximate surface area is 103 Å². The molecule has 2 heterocycles. The minimum Gasteiger partial charge on any atom is -0.385 e. The van der Waals surface area contributed by atoms with Crippen LogP contribution in [0.5, 0.6) is 0 Å². The molecule has 3 rings (SSSR count). The van der Waals surface area contributed by atoms with Crippen LogP contribution in [0.3, 0.4) is 0 Å². The third kappa shape index (κ3) is 2.47. The minimum atomic E-state index is 0.516. The fourth-order valence-corrected chi connectivity index (χ4v) is 3.01. The number of ether oxygens (including phenoxy) is 1. The molecule has 0 aliphatic carbocycles. The number of hydrogen-bond acceptors (Lipinski definition) is 2. The molecule has 0 saturated carbocycles. The summed E-state index contributed by atoms with van der Waals surface area (Å²) < 4.78 is 5.70. The van der Waals surface area contributed by atoms with E-state index < -0.39 is 0 Å². The minimum absolute atomic E-state index is 0.516. The van der Waals surface area contributed by atoms with Crippen LogP contribution in [0.25, 0.3) is 0 Å². The van der Waals surface area contributed by atoms with Crippen molar-refractivity contribution in [2.75, 3.05) is 18.5 Å². The van der Waals surface area contributed by atoms with Gasteiger partial charge < -0.3 is 10.1 Å². The van der Waals surface area contributed by atoms with Gasteiger partial charge in [-0.1, -0.05) is 12.1 Å². The molecule has 2 nitrogen and oxygen atoms in total. The molecule has 1 aromatic rings. The van der Waals surface area contributed by atoms with Crippen molar-refractivity contribution in [3.8, 4) is 0 Å². The highest BCUT2D eigenvalue weighted by Crippen LogP contribution is 2.27. The lowest BCUT2D eigenvalue weighted by molar-refractivity contribution is 0.104. The number of hydrogen-bond donors (Lipinski definition) is 1. The van der Waals surface area contributed by atoms with Gasteiger partial charge in [0.05, 0.1) is 6.10 Å². The predicted octanol–water partition coefficient (Wildman–Crippen LogP) is 3.16. The summed E-state index contributed by atoms with van der Waals surface area (Å²) in [5, 5.41) is 3.50. The Morgan fingerprint density at radius 2 is 2.29 bits per heavy atom. The monoisotopic (exact) mass is 231 g/mol. The van der Waals surface area contributed by atoms with Gasteiger partial charge in [0.15, 0.2) is 0 Å². The fraction of sp³-hybridized carbons (Fsp3) is 0.600. The quantitative estimate of drug-likeness (QED) is 0.862. The molecule has 1 fully saturated rings. The van der Waals surface area contributed by atoms with Gasteiger partial charge in [-0.2, -0.15) is 0 Å². The van der Waals surface area contributed by atoms with E-state index in [0.29, 0.717) is 6.10 Å².